The molecule has 0 aliphatic carbocycles. The highest BCUT2D eigenvalue weighted by Gasteiger charge is 2.04. The van der Waals surface area contributed by atoms with E-state index in [0.717, 1.165) is 26.5 Å². The Kier molecular flexibility index (Phi) is 4.97. The van der Waals surface area contributed by atoms with Gasteiger partial charge >= 0.3 is 0 Å². The van der Waals surface area contributed by atoms with Gasteiger partial charge in [-0.15, -0.1) is 0 Å². The van der Waals surface area contributed by atoms with Gasteiger partial charge in [0.2, 0.25) is 0 Å². The third kappa shape index (κ3) is 3.89. The van der Waals surface area contributed by atoms with Gasteiger partial charge in [-0.1, -0.05) is 33.6 Å². The molecule has 27 heavy (non-hydrogen) atoms. The molecular formula is C21H12BrClFN3. The van der Waals surface area contributed by atoms with Crippen LogP contribution in [0.25, 0.3) is 22.0 Å². The fraction of sp³-hybridized carbons (Fsp3) is 0. The minimum Gasteiger partial charge on any atom is -0.264 e. The zero-order valence-corrected chi connectivity index (χ0v) is 16.2. The number of nitrogens with zero attached hydrogens (tertiary/aromatic N) is 3. The van der Waals surface area contributed by atoms with E-state index in [-0.39, 0.29) is 5.02 Å². The topological polar surface area (TPSA) is 38.1 Å². The van der Waals surface area contributed by atoms with Crippen molar-refractivity contribution in [2.45, 2.75) is 0 Å². The molecule has 4 rings (SSSR count). The number of aromatic nitrogens is 2. The summed E-state index contributed by atoms with van der Waals surface area (Å²) >= 11 is 9.40. The molecule has 0 spiro atoms. The van der Waals surface area contributed by atoms with E-state index in [9.17, 15) is 4.39 Å². The SMILES string of the molecule is Fc1ccc(N=c2nc(-c3cccnc3)ccc3cc(Br)ccc23)cc1Cl. The van der Waals surface area contributed by atoms with E-state index in [1.54, 1.807) is 18.5 Å². The summed E-state index contributed by atoms with van der Waals surface area (Å²) in [6.07, 6.45) is 3.47. The van der Waals surface area contributed by atoms with Gasteiger partial charge in [0.15, 0.2) is 5.49 Å². The maximum Gasteiger partial charge on any atom is 0.160 e. The van der Waals surface area contributed by atoms with Crippen LogP contribution >= 0.6 is 27.5 Å². The maximum atomic E-state index is 13.5. The average Bonchev–Trinajstić information content (AvgIpc) is 2.85. The molecule has 2 aromatic carbocycles. The molecule has 0 saturated heterocycles. The van der Waals surface area contributed by atoms with Crippen LogP contribution in [0.15, 0.2) is 82.5 Å². The van der Waals surface area contributed by atoms with Crippen molar-refractivity contribution >= 4 is 44.0 Å². The van der Waals surface area contributed by atoms with Gasteiger partial charge in [-0.3, -0.25) is 4.98 Å². The third-order valence-electron chi connectivity index (χ3n) is 4.00. The predicted octanol–water partition coefficient (Wildman–Crippen LogP) is 6.08. The highest BCUT2D eigenvalue weighted by molar-refractivity contribution is 9.10. The molecule has 0 aliphatic rings. The van der Waals surface area contributed by atoms with Crippen LogP contribution in [0, 0.1) is 5.82 Å². The highest BCUT2D eigenvalue weighted by Crippen LogP contribution is 2.23. The smallest absolute Gasteiger partial charge is 0.160 e. The minimum absolute atomic E-state index is 0.0242. The highest BCUT2D eigenvalue weighted by atomic mass is 79.9. The summed E-state index contributed by atoms with van der Waals surface area (Å²) in [7, 11) is 0. The van der Waals surface area contributed by atoms with Crippen molar-refractivity contribution in [2.75, 3.05) is 0 Å². The Morgan fingerprint density at radius 3 is 2.67 bits per heavy atom. The van der Waals surface area contributed by atoms with E-state index < -0.39 is 5.82 Å². The lowest BCUT2D eigenvalue weighted by molar-refractivity contribution is 0.628. The first kappa shape index (κ1) is 17.8. The Balaban J connectivity index is 2.04. The zero-order chi connectivity index (χ0) is 18.8. The summed E-state index contributed by atoms with van der Waals surface area (Å²) in [5, 5.41) is 1.86. The number of fused-ring (bicyclic) bond motifs is 1. The van der Waals surface area contributed by atoms with Crippen LogP contribution in [-0.4, -0.2) is 9.97 Å². The second-order valence-electron chi connectivity index (χ2n) is 5.84. The van der Waals surface area contributed by atoms with E-state index in [4.69, 9.17) is 16.6 Å². The summed E-state index contributed by atoms with van der Waals surface area (Å²) in [4.78, 5) is 13.5. The average molecular weight is 441 g/mol. The molecule has 0 unspecified atom stereocenters. The summed E-state index contributed by atoms with van der Waals surface area (Å²) in [5.74, 6) is -0.480. The molecule has 0 atom stereocenters. The fourth-order valence-corrected chi connectivity index (χ4v) is 3.25. The summed E-state index contributed by atoms with van der Waals surface area (Å²) in [6, 6.07) is 18.0. The minimum atomic E-state index is -0.480. The van der Waals surface area contributed by atoms with Gasteiger partial charge in [0.1, 0.15) is 5.82 Å². The molecule has 0 N–H and O–H groups in total. The van der Waals surface area contributed by atoms with Gasteiger partial charge in [0, 0.05) is 27.8 Å². The van der Waals surface area contributed by atoms with Gasteiger partial charge < -0.3 is 0 Å². The van der Waals surface area contributed by atoms with E-state index >= 15 is 0 Å². The van der Waals surface area contributed by atoms with Crippen LogP contribution in [0.5, 0.6) is 0 Å². The molecule has 0 radical (unpaired) electrons. The number of benzene rings is 2. The Morgan fingerprint density at radius 1 is 1.00 bits per heavy atom. The second-order valence-corrected chi connectivity index (χ2v) is 7.16. The van der Waals surface area contributed by atoms with Crippen molar-refractivity contribution in [3.8, 4) is 11.3 Å². The first-order valence-electron chi connectivity index (χ1n) is 8.11. The van der Waals surface area contributed by atoms with Crippen molar-refractivity contribution in [1.82, 2.24) is 9.97 Å². The van der Waals surface area contributed by atoms with Crippen LogP contribution in [0.4, 0.5) is 10.1 Å². The van der Waals surface area contributed by atoms with E-state index in [2.05, 4.69) is 25.9 Å². The van der Waals surface area contributed by atoms with Crippen LogP contribution in [0.2, 0.25) is 5.02 Å². The largest absolute Gasteiger partial charge is 0.264 e. The molecule has 3 nitrogen and oxygen atoms in total. The number of hydrogen-bond acceptors (Lipinski definition) is 3. The Hall–Kier alpha value is -2.63. The van der Waals surface area contributed by atoms with Crippen molar-refractivity contribution in [1.29, 1.82) is 0 Å². The standard InChI is InChI=1S/C21H12BrClFN3/c22-15-4-6-17-13(10-15)3-8-20(14-2-1-9-25-12-14)27-21(17)26-16-5-7-19(24)18(23)11-16/h1-12H. The monoisotopic (exact) mass is 439 g/mol. The molecule has 6 heteroatoms. The van der Waals surface area contributed by atoms with Crippen molar-refractivity contribution in [3.63, 3.8) is 0 Å². The first-order chi connectivity index (χ1) is 13.1. The summed E-state index contributed by atoms with van der Waals surface area (Å²) in [5.41, 5.74) is 2.67. The molecule has 0 saturated carbocycles. The maximum absolute atomic E-state index is 13.5. The van der Waals surface area contributed by atoms with E-state index in [1.807, 2.05) is 42.5 Å². The second kappa shape index (κ2) is 7.55. The zero-order valence-electron chi connectivity index (χ0n) is 13.9. The molecular weight excluding hydrogens is 429 g/mol. The lowest BCUT2D eigenvalue weighted by Gasteiger charge is -1.98. The van der Waals surface area contributed by atoms with E-state index in [0.29, 0.717) is 11.2 Å². The van der Waals surface area contributed by atoms with Crippen LogP contribution in [0.1, 0.15) is 0 Å². The lowest BCUT2D eigenvalue weighted by atomic mass is 10.2. The third-order valence-corrected chi connectivity index (χ3v) is 4.78. The van der Waals surface area contributed by atoms with Crippen molar-refractivity contribution in [2.24, 2.45) is 4.99 Å². The lowest BCUT2D eigenvalue weighted by Crippen LogP contribution is -2.06. The molecule has 2 aromatic heterocycles. The number of halogens is 3. The normalized spacial score (nSPS) is 11.7. The molecule has 4 aromatic rings. The number of rotatable bonds is 2. The number of pyridine rings is 1. The van der Waals surface area contributed by atoms with Crippen molar-refractivity contribution < 1.29 is 4.39 Å². The Bertz CT molecular complexity index is 1210. The van der Waals surface area contributed by atoms with Crippen LogP contribution in [-0.2, 0) is 0 Å². The number of hydrogen-bond donors (Lipinski definition) is 0. The molecule has 2 heterocycles. The quantitative estimate of drug-likeness (QED) is 0.378. The fourth-order valence-electron chi connectivity index (χ4n) is 2.69. The van der Waals surface area contributed by atoms with Gasteiger partial charge in [-0.25, -0.2) is 14.4 Å². The first-order valence-corrected chi connectivity index (χ1v) is 9.28. The van der Waals surface area contributed by atoms with E-state index in [1.165, 1.54) is 12.1 Å². The molecule has 132 valence electrons. The predicted molar refractivity (Wildman–Crippen MR) is 109 cm³/mol. The molecule has 0 fully saturated rings. The molecule has 0 amide bonds. The van der Waals surface area contributed by atoms with Gasteiger partial charge in [0.25, 0.3) is 0 Å². The molecule has 0 bridgehead atoms. The van der Waals surface area contributed by atoms with Gasteiger partial charge in [-0.05, 0) is 60.0 Å². The Labute approximate surface area is 168 Å². The Morgan fingerprint density at radius 2 is 1.89 bits per heavy atom. The van der Waals surface area contributed by atoms with Gasteiger partial charge in [0.05, 0.1) is 16.4 Å². The summed E-state index contributed by atoms with van der Waals surface area (Å²) in [6.45, 7) is 0. The van der Waals surface area contributed by atoms with Crippen LogP contribution in [0.3, 0.4) is 0 Å². The van der Waals surface area contributed by atoms with Crippen LogP contribution < -0.4 is 5.49 Å². The molecule has 0 aliphatic heterocycles. The van der Waals surface area contributed by atoms with Crippen molar-refractivity contribution in [3.05, 3.63) is 93.9 Å². The summed E-state index contributed by atoms with van der Waals surface area (Å²) < 4.78 is 14.4. The van der Waals surface area contributed by atoms with Gasteiger partial charge in [-0.2, -0.15) is 0 Å².